The van der Waals surface area contributed by atoms with Gasteiger partial charge in [-0.1, -0.05) is 6.42 Å². The van der Waals surface area contributed by atoms with Gasteiger partial charge in [0.2, 0.25) is 0 Å². The molecule has 1 unspecified atom stereocenters. The standard InChI is InChI=1S/C14H17F2NO/c1-10(18)14-4-2-3-7-17(14)9-11-8-12(15)5-6-13(11)16/h5-6,8,14H,2-4,7,9H2,1H3. The van der Waals surface area contributed by atoms with Crippen molar-refractivity contribution in [2.24, 2.45) is 0 Å². The molecule has 1 aliphatic rings. The zero-order valence-corrected chi connectivity index (χ0v) is 10.5. The molecular formula is C14H17F2NO. The van der Waals surface area contributed by atoms with Crippen LogP contribution >= 0.6 is 0 Å². The Balaban J connectivity index is 2.15. The van der Waals surface area contributed by atoms with Gasteiger partial charge in [0.25, 0.3) is 0 Å². The predicted molar refractivity (Wildman–Crippen MR) is 65.1 cm³/mol. The van der Waals surface area contributed by atoms with Gasteiger partial charge in [-0.2, -0.15) is 0 Å². The zero-order chi connectivity index (χ0) is 13.1. The van der Waals surface area contributed by atoms with Crippen LogP contribution in [0, 0.1) is 11.6 Å². The Morgan fingerprint density at radius 1 is 1.39 bits per heavy atom. The summed E-state index contributed by atoms with van der Waals surface area (Å²) in [4.78, 5) is 13.5. The van der Waals surface area contributed by atoms with Crippen molar-refractivity contribution in [3.05, 3.63) is 35.4 Å². The molecule has 2 nitrogen and oxygen atoms in total. The van der Waals surface area contributed by atoms with Crippen molar-refractivity contribution in [2.45, 2.75) is 38.8 Å². The smallest absolute Gasteiger partial charge is 0.146 e. The lowest BCUT2D eigenvalue weighted by Gasteiger charge is -2.34. The molecule has 0 aromatic heterocycles. The van der Waals surface area contributed by atoms with E-state index in [9.17, 15) is 13.6 Å². The molecule has 0 amide bonds. The average molecular weight is 253 g/mol. The lowest BCUT2D eigenvalue weighted by molar-refractivity contribution is -0.123. The number of likely N-dealkylation sites (tertiary alicyclic amines) is 1. The first-order chi connectivity index (χ1) is 8.58. The number of carbonyl (C=O) groups excluding carboxylic acids is 1. The third kappa shape index (κ3) is 2.93. The minimum absolute atomic E-state index is 0.103. The van der Waals surface area contributed by atoms with Crippen LogP contribution in [0.5, 0.6) is 0 Å². The van der Waals surface area contributed by atoms with Crippen LogP contribution < -0.4 is 0 Å². The second-order valence-electron chi connectivity index (χ2n) is 4.83. The predicted octanol–water partition coefficient (Wildman–Crippen LogP) is 2.91. The Bertz CT molecular complexity index is 447. The number of hydrogen-bond acceptors (Lipinski definition) is 2. The number of ketones is 1. The van der Waals surface area contributed by atoms with Gasteiger partial charge < -0.3 is 0 Å². The van der Waals surface area contributed by atoms with E-state index in [-0.39, 0.29) is 11.8 Å². The largest absolute Gasteiger partial charge is 0.298 e. The van der Waals surface area contributed by atoms with Crippen LogP contribution in [0.1, 0.15) is 31.7 Å². The van der Waals surface area contributed by atoms with Crippen LogP contribution in [0.25, 0.3) is 0 Å². The van der Waals surface area contributed by atoms with E-state index in [1.165, 1.54) is 6.07 Å². The van der Waals surface area contributed by atoms with Crippen molar-refractivity contribution in [1.29, 1.82) is 0 Å². The summed E-state index contributed by atoms with van der Waals surface area (Å²) in [5, 5.41) is 0. The van der Waals surface area contributed by atoms with Crippen LogP contribution in [0.2, 0.25) is 0 Å². The van der Waals surface area contributed by atoms with E-state index in [0.717, 1.165) is 37.9 Å². The fourth-order valence-corrected chi connectivity index (χ4v) is 2.52. The second kappa shape index (κ2) is 5.57. The number of piperidine rings is 1. The highest BCUT2D eigenvalue weighted by molar-refractivity contribution is 5.81. The molecule has 4 heteroatoms. The van der Waals surface area contributed by atoms with Gasteiger partial charge in [-0.25, -0.2) is 8.78 Å². The van der Waals surface area contributed by atoms with Crippen LogP contribution in [-0.4, -0.2) is 23.3 Å². The first kappa shape index (κ1) is 13.1. The molecule has 98 valence electrons. The fourth-order valence-electron chi connectivity index (χ4n) is 2.52. The fraction of sp³-hybridized carbons (Fsp3) is 0.500. The number of benzene rings is 1. The van der Waals surface area contributed by atoms with Crippen molar-refractivity contribution in [3.63, 3.8) is 0 Å². The van der Waals surface area contributed by atoms with Crippen LogP contribution in [0.4, 0.5) is 8.78 Å². The number of Topliss-reactive ketones (excluding diaryl/α,β-unsaturated/α-hetero) is 1. The molecule has 0 saturated carbocycles. The number of halogens is 2. The highest BCUT2D eigenvalue weighted by atomic mass is 19.1. The summed E-state index contributed by atoms with van der Waals surface area (Å²) in [6, 6.07) is 3.30. The maximum Gasteiger partial charge on any atom is 0.146 e. The van der Waals surface area contributed by atoms with E-state index in [1.54, 1.807) is 6.92 Å². The summed E-state index contributed by atoms with van der Waals surface area (Å²) >= 11 is 0. The van der Waals surface area contributed by atoms with Gasteiger partial charge in [0.15, 0.2) is 0 Å². The normalized spacial score (nSPS) is 20.9. The minimum Gasteiger partial charge on any atom is -0.298 e. The van der Waals surface area contributed by atoms with E-state index in [2.05, 4.69) is 0 Å². The summed E-state index contributed by atoms with van der Waals surface area (Å²) in [5.41, 5.74) is 0.322. The molecule has 1 fully saturated rings. The molecule has 1 aliphatic heterocycles. The third-order valence-electron chi connectivity index (χ3n) is 3.46. The van der Waals surface area contributed by atoms with Gasteiger partial charge in [0.1, 0.15) is 17.4 Å². The monoisotopic (exact) mass is 253 g/mol. The number of nitrogens with zero attached hydrogens (tertiary/aromatic N) is 1. The van der Waals surface area contributed by atoms with E-state index in [4.69, 9.17) is 0 Å². The third-order valence-corrected chi connectivity index (χ3v) is 3.46. The molecule has 1 heterocycles. The highest BCUT2D eigenvalue weighted by Gasteiger charge is 2.26. The SMILES string of the molecule is CC(=O)C1CCCCN1Cc1cc(F)ccc1F. The van der Waals surface area contributed by atoms with Gasteiger partial charge in [-0.3, -0.25) is 9.69 Å². The van der Waals surface area contributed by atoms with E-state index in [0.29, 0.717) is 12.1 Å². The maximum absolute atomic E-state index is 13.6. The Hall–Kier alpha value is -1.29. The Morgan fingerprint density at radius 3 is 2.89 bits per heavy atom. The first-order valence-corrected chi connectivity index (χ1v) is 6.26. The van der Waals surface area contributed by atoms with Crippen molar-refractivity contribution < 1.29 is 13.6 Å². The minimum atomic E-state index is -0.442. The summed E-state index contributed by atoms with van der Waals surface area (Å²) in [6.45, 7) is 2.62. The molecule has 0 bridgehead atoms. The van der Waals surface area contributed by atoms with Gasteiger partial charge in [-0.15, -0.1) is 0 Å². The van der Waals surface area contributed by atoms with E-state index in [1.807, 2.05) is 4.90 Å². The Kier molecular flexibility index (Phi) is 4.07. The zero-order valence-electron chi connectivity index (χ0n) is 10.5. The summed E-state index contributed by atoms with van der Waals surface area (Å²) in [6.07, 6.45) is 2.83. The van der Waals surface area contributed by atoms with Crippen molar-refractivity contribution in [3.8, 4) is 0 Å². The molecule has 0 spiro atoms. The number of carbonyl (C=O) groups is 1. The molecule has 18 heavy (non-hydrogen) atoms. The van der Waals surface area contributed by atoms with Crippen molar-refractivity contribution in [2.75, 3.05) is 6.54 Å². The van der Waals surface area contributed by atoms with E-state index < -0.39 is 11.6 Å². The first-order valence-electron chi connectivity index (χ1n) is 6.26. The highest BCUT2D eigenvalue weighted by Crippen LogP contribution is 2.21. The quantitative estimate of drug-likeness (QED) is 0.825. The van der Waals surface area contributed by atoms with Gasteiger partial charge >= 0.3 is 0 Å². The van der Waals surface area contributed by atoms with Gasteiger partial charge in [-0.05, 0) is 44.5 Å². The molecule has 0 N–H and O–H groups in total. The summed E-state index contributed by atoms with van der Waals surface area (Å²) in [5.74, 6) is -0.751. The number of rotatable bonds is 3. The molecule has 2 rings (SSSR count). The van der Waals surface area contributed by atoms with Crippen LogP contribution in [0.15, 0.2) is 18.2 Å². The maximum atomic E-state index is 13.6. The Morgan fingerprint density at radius 2 is 2.17 bits per heavy atom. The van der Waals surface area contributed by atoms with Crippen LogP contribution in [0.3, 0.4) is 0 Å². The molecule has 1 atom stereocenters. The van der Waals surface area contributed by atoms with Gasteiger partial charge in [0, 0.05) is 12.1 Å². The molecule has 1 aromatic carbocycles. The lowest BCUT2D eigenvalue weighted by atomic mass is 9.98. The van der Waals surface area contributed by atoms with Gasteiger partial charge in [0.05, 0.1) is 6.04 Å². The molecule has 1 saturated heterocycles. The van der Waals surface area contributed by atoms with E-state index >= 15 is 0 Å². The lowest BCUT2D eigenvalue weighted by Crippen LogP contribution is -2.43. The molecule has 0 aliphatic carbocycles. The van der Waals surface area contributed by atoms with Crippen LogP contribution in [-0.2, 0) is 11.3 Å². The Labute approximate surface area is 106 Å². The molecule has 1 aromatic rings. The number of hydrogen-bond donors (Lipinski definition) is 0. The summed E-state index contributed by atoms with van der Waals surface area (Å²) < 4.78 is 26.7. The second-order valence-corrected chi connectivity index (χ2v) is 4.83. The van der Waals surface area contributed by atoms with Crippen molar-refractivity contribution in [1.82, 2.24) is 4.90 Å². The molecule has 0 radical (unpaired) electrons. The topological polar surface area (TPSA) is 20.3 Å². The summed E-state index contributed by atoms with van der Waals surface area (Å²) in [7, 11) is 0. The molecular weight excluding hydrogens is 236 g/mol. The average Bonchev–Trinajstić information content (AvgIpc) is 2.34. The van der Waals surface area contributed by atoms with Crippen molar-refractivity contribution >= 4 is 5.78 Å².